The van der Waals surface area contributed by atoms with Crippen molar-refractivity contribution in [2.75, 3.05) is 46.9 Å². The van der Waals surface area contributed by atoms with Gasteiger partial charge in [0.2, 0.25) is 5.91 Å². The number of likely N-dealkylation sites (N-methyl/N-ethyl adjacent to an activating group) is 1. The van der Waals surface area contributed by atoms with Crippen molar-refractivity contribution in [1.82, 2.24) is 15.1 Å². The molecule has 0 heterocycles. The van der Waals surface area contributed by atoms with Crippen LogP contribution in [0.25, 0.3) is 0 Å². The number of carbonyl (C=O) groups is 3. The van der Waals surface area contributed by atoms with Crippen molar-refractivity contribution in [3.8, 4) is 0 Å². The Morgan fingerprint density at radius 2 is 1.95 bits per heavy atom. The average Bonchev–Trinajstić information content (AvgIpc) is 3.20. The Morgan fingerprint density at radius 1 is 1.29 bits per heavy atom. The number of carboxylic acid groups (broad SMARTS) is 1. The predicted molar refractivity (Wildman–Crippen MR) is 74.8 cm³/mol. The minimum Gasteiger partial charge on any atom is -0.480 e. The standard InChI is InChI=1S/C13H23N3O5/c1-15(8-11(17)14-5-6-21-2)13(20)16(9-12(18)19)7-10-3-4-10/h10H,3-9H2,1-2H3,(H,14,17)(H,18,19). The van der Waals surface area contributed by atoms with E-state index in [1.54, 1.807) is 0 Å². The molecule has 1 fully saturated rings. The highest BCUT2D eigenvalue weighted by Crippen LogP contribution is 2.29. The van der Waals surface area contributed by atoms with Crippen LogP contribution in [0.1, 0.15) is 12.8 Å². The van der Waals surface area contributed by atoms with E-state index in [9.17, 15) is 14.4 Å². The highest BCUT2D eigenvalue weighted by atomic mass is 16.5. The first kappa shape index (κ1) is 17.2. The molecule has 8 nitrogen and oxygen atoms in total. The van der Waals surface area contributed by atoms with E-state index in [0.29, 0.717) is 25.6 Å². The first-order chi connectivity index (χ1) is 9.93. The SMILES string of the molecule is COCCNC(=O)CN(C)C(=O)N(CC(=O)O)CC1CC1. The van der Waals surface area contributed by atoms with Crippen LogP contribution < -0.4 is 5.32 Å². The molecule has 0 aromatic carbocycles. The molecule has 0 aliphatic heterocycles. The molecule has 0 atom stereocenters. The first-order valence-electron chi connectivity index (χ1n) is 6.91. The fraction of sp³-hybridized carbons (Fsp3) is 0.769. The summed E-state index contributed by atoms with van der Waals surface area (Å²) in [5.74, 6) is -0.969. The lowest BCUT2D eigenvalue weighted by atomic mass is 10.3. The highest BCUT2D eigenvalue weighted by Gasteiger charge is 2.29. The Kier molecular flexibility index (Phi) is 6.93. The van der Waals surface area contributed by atoms with E-state index in [0.717, 1.165) is 12.8 Å². The Labute approximate surface area is 124 Å². The van der Waals surface area contributed by atoms with Gasteiger partial charge in [-0.05, 0) is 18.8 Å². The van der Waals surface area contributed by atoms with Crippen LogP contribution >= 0.6 is 0 Å². The lowest BCUT2D eigenvalue weighted by Gasteiger charge is -2.26. The summed E-state index contributed by atoms with van der Waals surface area (Å²) in [7, 11) is 3.02. The van der Waals surface area contributed by atoms with E-state index in [1.807, 2.05) is 0 Å². The molecule has 1 saturated carbocycles. The number of nitrogens with one attached hydrogen (secondary N) is 1. The predicted octanol–water partition coefficient (Wildman–Crippen LogP) is -0.403. The number of methoxy groups -OCH3 is 1. The molecular formula is C13H23N3O5. The van der Waals surface area contributed by atoms with Gasteiger partial charge in [0.1, 0.15) is 13.1 Å². The van der Waals surface area contributed by atoms with E-state index in [2.05, 4.69) is 5.32 Å². The molecule has 2 N–H and O–H groups in total. The van der Waals surface area contributed by atoms with Crippen LogP contribution in [-0.4, -0.2) is 79.8 Å². The maximum atomic E-state index is 12.2. The van der Waals surface area contributed by atoms with Crippen LogP contribution in [0.4, 0.5) is 4.79 Å². The molecule has 21 heavy (non-hydrogen) atoms. The van der Waals surface area contributed by atoms with Crippen molar-refractivity contribution in [1.29, 1.82) is 0 Å². The summed E-state index contributed by atoms with van der Waals surface area (Å²) in [5.41, 5.74) is 0. The third-order valence-corrected chi connectivity index (χ3v) is 3.11. The number of ether oxygens (including phenoxy) is 1. The maximum Gasteiger partial charge on any atom is 0.323 e. The number of nitrogens with zero attached hydrogens (tertiary/aromatic N) is 2. The Morgan fingerprint density at radius 3 is 2.48 bits per heavy atom. The third kappa shape index (κ3) is 6.94. The van der Waals surface area contributed by atoms with Gasteiger partial charge < -0.3 is 25.0 Å². The fourth-order valence-electron chi connectivity index (χ4n) is 1.86. The number of hydrogen-bond donors (Lipinski definition) is 2. The number of amides is 3. The molecule has 3 amide bonds. The van der Waals surface area contributed by atoms with E-state index < -0.39 is 12.0 Å². The number of urea groups is 1. The molecule has 0 bridgehead atoms. The van der Waals surface area contributed by atoms with Gasteiger partial charge in [-0.1, -0.05) is 0 Å². The summed E-state index contributed by atoms with van der Waals surface area (Å²) in [6.07, 6.45) is 2.04. The van der Waals surface area contributed by atoms with E-state index in [1.165, 1.54) is 24.0 Å². The van der Waals surface area contributed by atoms with Crippen molar-refractivity contribution in [2.45, 2.75) is 12.8 Å². The summed E-state index contributed by atoms with van der Waals surface area (Å²) < 4.78 is 4.81. The van der Waals surface area contributed by atoms with Gasteiger partial charge >= 0.3 is 12.0 Å². The maximum absolute atomic E-state index is 12.2. The number of rotatable bonds is 9. The molecule has 0 unspecified atom stereocenters. The summed E-state index contributed by atoms with van der Waals surface area (Å²) in [4.78, 5) is 37.1. The molecule has 0 saturated heterocycles. The number of carboxylic acids is 1. The monoisotopic (exact) mass is 301 g/mol. The van der Waals surface area contributed by atoms with Gasteiger partial charge in [-0.15, -0.1) is 0 Å². The molecule has 0 radical (unpaired) electrons. The second-order valence-electron chi connectivity index (χ2n) is 5.20. The Hall–Kier alpha value is -1.83. The fourth-order valence-corrected chi connectivity index (χ4v) is 1.86. The minimum atomic E-state index is -1.05. The van der Waals surface area contributed by atoms with Crippen LogP contribution in [0.2, 0.25) is 0 Å². The second-order valence-corrected chi connectivity index (χ2v) is 5.20. The lowest BCUT2D eigenvalue weighted by Crippen LogP contribution is -2.48. The number of hydrogen-bond acceptors (Lipinski definition) is 4. The van der Waals surface area contributed by atoms with E-state index in [4.69, 9.17) is 9.84 Å². The van der Waals surface area contributed by atoms with Crippen LogP contribution in [-0.2, 0) is 14.3 Å². The van der Waals surface area contributed by atoms with Gasteiger partial charge in [-0.3, -0.25) is 9.59 Å². The molecule has 0 aromatic rings. The highest BCUT2D eigenvalue weighted by molar-refractivity contribution is 5.85. The number of aliphatic carboxylic acids is 1. The zero-order valence-corrected chi connectivity index (χ0v) is 12.5. The third-order valence-electron chi connectivity index (χ3n) is 3.11. The molecule has 8 heteroatoms. The number of carbonyl (C=O) groups excluding carboxylic acids is 2. The van der Waals surface area contributed by atoms with Gasteiger partial charge in [0.25, 0.3) is 0 Å². The summed E-state index contributed by atoms with van der Waals surface area (Å²) in [6.45, 7) is 0.754. The molecule has 120 valence electrons. The smallest absolute Gasteiger partial charge is 0.323 e. The molecule has 1 aliphatic carbocycles. The van der Waals surface area contributed by atoms with Crippen molar-refractivity contribution >= 4 is 17.9 Å². The summed E-state index contributed by atoms with van der Waals surface area (Å²) >= 11 is 0. The van der Waals surface area contributed by atoms with Crippen molar-refractivity contribution in [3.05, 3.63) is 0 Å². The van der Waals surface area contributed by atoms with Crippen molar-refractivity contribution in [3.63, 3.8) is 0 Å². The minimum absolute atomic E-state index is 0.108. The quantitative estimate of drug-likeness (QED) is 0.564. The summed E-state index contributed by atoms with van der Waals surface area (Å²) in [6, 6.07) is -0.439. The molecular weight excluding hydrogens is 278 g/mol. The van der Waals surface area contributed by atoms with Crippen LogP contribution in [0.5, 0.6) is 0 Å². The van der Waals surface area contributed by atoms with Crippen LogP contribution in [0.15, 0.2) is 0 Å². The Bertz CT molecular complexity index is 384. The zero-order valence-electron chi connectivity index (χ0n) is 12.5. The largest absolute Gasteiger partial charge is 0.480 e. The average molecular weight is 301 g/mol. The summed E-state index contributed by atoms with van der Waals surface area (Å²) in [5, 5.41) is 11.5. The van der Waals surface area contributed by atoms with E-state index in [-0.39, 0.29) is 19.0 Å². The molecule has 0 aromatic heterocycles. The van der Waals surface area contributed by atoms with Crippen LogP contribution in [0.3, 0.4) is 0 Å². The molecule has 1 rings (SSSR count). The van der Waals surface area contributed by atoms with Crippen LogP contribution in [0, 0.1) is 5.92 Å². The van der Waals surface area contributed by atoms with Crippen molar-refractivity contribution in [2.24, 2.45) is 5.92 Å². The molecule has 0 spiro atoms. The van der Waals surface area contributed by atoms with Gasteiger partial charge in [-0.25, -0.2) is 4.79 Å². The second kappa shape index (κ2) is 8.46. The first-order valence-corrected chi connectivity index (χ1v) is 6.91. The topological polar surface area (TPSA) is 99.2 Å². The zero-order chi connectivity index (χ0) is 15.8. The van der Waals surface area contributed by atoms with Gasteiger partial charge in [0.15, 0.2) is 0 Å². The lowest BCUT2D eigenvalue weighted by molar-refractivity contribution is -0.137. The van der Waals surface area contributed by atoms with Crippen molar-refractivity contribution < 1.29 is 24.2 Å². The Balaban J connectivity index is 2.44. The van der Waals surface area contributed by atoms with Gasteiger partial charge in [0, 0.05) is 27.2 Å². The van der Waals surface area contributed by atoms with Gasteiger partial charge in [0.05, 0.1) is 6.61 Å². The molecule has 1 aliphatic rings. The van der Waals surface area contributed by atoms with Gasteiger partial charge in [-0.2, -0.15) is 0 Å². The van der Waals surface area contributed by atoms with E-state index >= 15 is 0 Å². The normalized spacial score (nSPS) is 13.6.